The maximum atomic E-state index is 3.47. The first-order valence-electron chi connectivity index (χ1n) is 4.50. The number of rotatable bonds is 4. The molecule has 0 spiro atoms. The second-order valence-corrected chi connectivity index (χ2v) is 5.48. The molecule has 0 amide bonds. The molecular formula is C11H15BrS. The van der Waals surface area contributed by atoms with Gasteiger partial charge in [0.15, 0.2) is 0 Å². The van der Waals surface area contributed by atoms with Gasteiger partial charge in [0.1, 0.15) is 0 Å². The highest BCUT2D eigenvalue weighted by Crippen LogP contribution is 2.18. The van der Waals surface area contributed by atoms with Gasteiger partial charge in [0.05, 0.1) is 0 Å². The Morgan fingerprint density at radius 3 is 2.77 bits per heavy atom. The van der Waals surface area contributed by atoms with Crippen molar-refractivity contribution in [1.29, 1.82) is 0 Å². The predicted molar refractivity (Wildman–Crippen MR) is 65.1 cm³/mol. The first-order valence-corrected chi connectivity index (χ1v) is 6.45. The quantitative estimate of drug-likeness (QED) is 0.775. The molecule has 0 aliphatic rings. The summed E-state index contributed by atoms with van der Waals surface area (Å²) >= 11 is 5.48. The molecular weight excluding hydrogens is 244 g/mol. The fourth-order valence-corrected chi connectivity index (χ4v) is 2.49. The zero-order valence-corrected chi connectivity index (χ0v) is 10.5. The van der Waals surface area contributed by atoms with Gasteiger partial charge in [-0.3, -0.25) is 0 Å². The molecule has 2 heteroatoms. The first kappa shape index (κ1) is 11.1. The molecule has 0 nitrogen and oxygen atoms in total. The van der Waals surface area contributed by atoms with Crippen molar-refractivity contribution in [3.63, 3.8) is 0 Å². The van der Waals surface area contributed by atoms with Crippen LogP contribution in [0, 0.1) is 5.92 Å². The lowest BCUT2D eigenvalue weighted by molar-refractivity contribution is 0.750. The lowest BCUT2D eigenvalue weighted by Gasteiger charge is -2.04. The molecule has 0 radical (unpaired) electrons. The van der Waals surface area contributed by atoms with Crippen LogP contribution in [0.15, 0.2) is 28.7 Å². The SMILES string of the molecule is CC(C)CSCc1cccc(Br)c1. The summed E-state index contributed by atoms with van der Waals surface area (Å²) in [5.41, 5.74) is 1.40. The van der Waals surface area contributed by atoms with E-state index < -0.39 is 0 Å². The second-order valence-electron chi connectivity index (χ2n) is 3.54. The van der Waals surface area contributed by atoms with Gasteiger partial charge < -0.3 is 0 Å². The van der Waals surface area contributed by atoms with Crippen LogP contribution in [0.1, 0.15) is 19.4 Å². The number of halogens is 1. The topological polar surface area (TPSA) is 0 Å². The minimum Gasteiger partial charge on any atom is -0.157 e. The Balaban J connectivity index is 2.37. The van der Waals surface area contributed by atoms with E-state index in [4.69, 9.17) is 0 Å². The Morgan fingerprint density at radius 2 is 2.15 bits per heavy atom. The molecule has 0 unspecified atom stereocenters. The van der Waals surface area contributed by atoms with E-state index in [0.717, 1.165) is 11.7 Å². The molecule has 0 fully saturated rings. The van der Waals surface area contributed by atoms with Crippen molar-refractivity contribution in [3.8, 4) is 0 Å². The third-order valence-electron chi connectivity index (χ3n) is 1.61. The smallest absolute Gasteiger partial charge is 0.0185 e. The molecule has 1 rings (SSSR count). The third kappa shape index (κ3) is 4.72. The molecule has 13 heavy (non-hydrogen) atoms. The average molecular weight is 259 g/mol. The summed E-state index contributed by atoms with van der Waals surface area (Å²) in [6, 6.07) is 8.53. The van der Waals surface area contributed by atoms with Crippen LogP contribution in [-0.4, -0.2) is 5.75 Å². The van der Waals surface area contributed by atoms with E-state index >= 15 is 0 Å². The van der Waals surface area contributed by atoms with Gasteiger partial charge in [-0.2, -0.15) is 11.8 Å². The van der Waals surface area contributed by atoms with Crippen LogP contribution < -0.4 is 0 Å². The highest BCUT2D eigenvalue weighted by atomic mass is 79.9. The summed E-state index contributed by atoms with van der Waals surface area (Å²) in [5, 5.41) is 0. The summed E-state index contributed by atoms with van der Waals surface area (Å²) in [7, 11) is 0. The summed E-state index contributed by atoms with van der Waals surface area (Å²) in [4.78, 5) is 0. The Labute approximate surface area is 93.2 Å². The lowest BCUT2D eigenvalue weighted by atomic mass is 10.2. The molecule has 72 valence electrons. The molecule has 0 bridgehead atoms. The normalized spacial score (nSPS) is 10.8. The van der Waals surface area contributed by atoms with Crippen LogP contribution in [0.4, 0.5) is 0 Å². The minimum atomic E-state index is 0.789. The number of thioether (sulfide) groups is 1. The predicted octanol–water partition coefficient (Wildman–Crippen LogP) is 4.34. The first-order chi connectivity index (χ1) is 6.18. The monoisotopic (exact) mass is 258 g/mol. The van der Waals surface area contributed by atoms with Crippen LogP contribution in [0.3, 0.4) is 0 Å². The van der Waals surface area contributed by atoms with Crippen LogP contribution in [0.2, 0.25) is 0 Å². The maximum absolute atomic E-state index is 3.47. The molecule has 1 aromatic carbocycles. The van der Waals surface area contributed by atoms with Crippen molar-refractivity contribution >= 4 is 27.7 Å². The van der Waals surface area contributed by atoms with Gasteiger partial charge in [0.2, 0.25) is 0 Å². The Hall–Kier alpha value is 0.0500. The number of hydrogen-bond acceptors (Lipinski definition) is 1. The molecule has 0 aliphatic carbocycles. The van der Waals surface area contributed by atoms with Crippen molar-refractivity contribution in [2.24, 2.45) is 5.92 Å². The summed E-state index contributed by atoms with van der Waals surface area (Å²) in [6.45, 7) is 4.52. The molecule has 0 saturated carbocycles. The summed E-state index contributed by atoms with van der Waals surface area (Å²) in [6.07, 6.45) is 0. The average Bonchev–Trinajstić information content (AvgIpc) is 2.03. The van der Waals surface area contributed by atoms with E-state index in [1.165, 1.54) is 15.8 Å². The lowest BCUT2D eigenvalue weighted by Crippen LogP contribution is -1.91. The van der Waals surface area contributed by atoms with Crippen molar-refractivity contribution in [2.75, 3.05) is 5.75 Å². The largest absolute Gasteiger partial charge is 0.157 e. The maximum Gasteiger partial charge on any atom is 0.0185 e. The van der Waals surface area contributed by atoms with Crippen molar-refractivity contribution in [1.82, 2.24) is 0 Å². The third-order valence-corrected chi connectivity index (χ3v) is 3.54. The highest BCUT2D eigenvalue weighted by Gasteiger charge is 1.96. The van der Waals surface area contributed by atoms with Gasteiger partial charge in [-0.25, -0.2) is 0 Å². The van der Waals surface area contributed by atoms with Gasteiger partial charge in [-0.15, -0.1) is 0 Å². The van der Waals surface area contributed by atoms with E-state index in [1.54, 1.807) is 0 Å². The van der Waals surface area contributed by atoms with Crippen LogP contribution in [-0.2, 0) is 5.75 Å². The van der Waals surface area contributed by atoms with Gasteiger partial charge in [0.25, 0.3) is 0 Å². The Bertz CT molecular complexity index is 258. The molecule has 0 heterocycles. The zero-order chi connectivity index (χ0) is 9.68. The Morgan fingerprint density at radius 1 is 1.38 bits per heavy atom. The summed E-state index contributed by atoms with van der Waals surface area (Å²) in [5.74, 6) is 3.15. The molecule has 0 atom stereocenters. The van der Waals surface area contributed by atoms with E-state index in [2.05, 4.69) is 54.0 Å². The number of benzene rings is 1. The van der Waals surface area contributed by atoms with Crippen LogP contribution in [0.25, 0.3) is 0 Å². The van der Waals surface area contributed by atoms with Crippen LogP contribution in [0.5, 0.6) is 0 Å². The highest BCUT2D eigenvalue weighted by molar-refractivity contribution is 9.10. The van der Waals surface area contributed by atoms with Gasteiger partial charge in [-0.1, -0.05) is 41.9 Å². The molecule has 0 N–H and O–H groups in total. The fraction of sp³-hybridized carbons (Fsp3) is 0.455. The standard InChI is InChI=1S/C11H15BrS/c1-9(2)7-13-8-10-4-3-5-11(12)6-10/h3-6,9H,7-8H2,1-2H3. The van der Waals surface area contributed by atoms with Crippen LogP contribution >= 0.6 is 27.7 Å². The molecule has 0 aliphatic heterocycles. The van der Waals surface area contributed by atoms with Gasteiger partial charge in [-0.05, 0) is 29.4 Å². The van der Waals surface area contributed by atoms with Gasteiger partial charge >= 0.3 is 0 Å². The number of hydrogen-bond donors (Lipinski definition) is 0. The Kier molecular flexibility index (Phi) is 4.89. The fourth-order valence-electron chi connectivity index (χ4n) is 1.04. The van der Waals surface area contributed by atoms with Gasteiger partial charge in [0, 0.05) is 10.2 Å². The van der Waals surface area contributed by atoms with Crippen molar-refractivity contribution < 1.29 is 0 Å². The van der Waals surface area contributed by atoms with E-state index in [9.17, 15) is 0 Å². The van der Waals surface area contributed by atoms with Crippen molar-refractivity contribution in [2.45, 2.75) is 19.6 Å². The molecule has 1 aromatic rings. The molecule has 0 aromatic heterocycles. The minimum absolute atomic E-state index is 0.789. The molecule has 0 saturated heterocycles. The second kappa shape index (κ2) is 5.71. The zero-order valence-electron chi connectivity index (χ0n) is 8.09. The summed E-state index contributed by atoms with van der Waals surface area (Å²) < 4.78 is 1.18. The van der Waals surface area contributed by atoms with Crippen molar-refractivity contribution in [3.05, 3.63) is 34.3 Å². The van der Waals surface area contributed by atoms with E-state index in [-0.39, 0.29) is 0 Å². The van der Waals surface area contributed by atoms with E-state index in [1.807, 2.05) is 11.8 Å². The van der Waals surface area contributed by atoms with E-state index in [0.29, 0.717) is 0 Å².